The van der Waals surface area contributed by atoms with Gasteiger partial charge in [0.15, 0.2) is 0 Å². The van der Waals surface area contributed by atoms with Crippen molar-refractivity contribution >= 4 is 0 Å². The van der Waals surface area contributed by atoms with Crippen molar-refractivity contribution < 1.29 is 0 Å². The lowest BCUT2D eigenvalue weighted by Gasteiger charge is -2.33. The SMILES string of the molecule is CCC(C)(CC)CC1CCCC1.CCC(C)(CC)CC1CCCCC1.CCC(C)(CC)CN1CCCC1. The summed E-state index contributed by atoms with van der Waals surface area (Å²) >= 11 is 0. The average Bonchev–Trinajstić information content (AvgIpc) is 3.64. The van der Waals surface area contributed by atoms with Crippen molar-refractivity contribution in [2.24, 2.45) is 28.1 Å². The molecule has 0 N–H and O–H groups in total. The van der Waals surface area contributed by atoms with Gasteiger partial charge in [0.2, 0.25) is 0 Å². The molecular formula is C36H73N. The molecule has 0 bridgehead atoms. The van der Waals surface area contributed by atoms with E-state index in [2.05, 4.69) is 67.2 Å². The van der Waals surface area contributed by atoms with Crippen molar-refractivity contribution in [1.82, 2.24) is 4.90 Å². The summed E-state index contributed by atoms with van der Waals surface area (Å²) in [5, 5.41) is 0. The predicted molar refractivity (Wildman–Crippen MR) is 170 cm³/mol. The van der Waals surface area contributed by atoms with Gasteiger partial charge in [-0.25, -0.2) is 0 Å². The largest absolute Gasteiger partial charge is 0.303 e. The number of nitrogens with zero attached hydrogens (tertiary/aromatic N) is 1. The van der Waals surface area contributed by atoms with Crippen LogP contribution in [-0.2, 0) is 0 Å². The molecular weight excluding hydrogens is 446 g/mol. The smallest absolute Gasteiger partial charge is 0.00351 e. The Kier molecular flexibility index (Phi) is 17.3. The highest BCUT2D eigenvalue weighted by molar-refractivity contribution is 4.80. The minimum atomic E-state index is 0.574. The number of likely N-dealkylation sites (tertiary alicyclic amines) is 1. The van der Waals surface area contributed by atoms with E-state index >= 15 is 0 Å². The molecule has 0 amide bonds. The molecule has 0 aromatic heterocycles. The van der Waals surface area contributed by atoms with Crippen molar-refractivity contribution in [1.29, 1.82) is 0 Å². The molecule has 0 aromatic carbocycles. The topological polar surface area (TPSA) is 3.24 Å². The van der Waals surface area contributed by atoms with Gasteiger partial charge in [-0.05, 0) is 79.7 Å². The molecule has 2 aliphatic carbocycles. The number of rotatable bonds is 12. The van der Waals surface area contributed by atoms with Crippen LogP contribution < -0.4 is 0 Å². The van der Waals surface area contributed by atoms with Crippen molar-refractivity contribution in [3.63, 3.8) is 0 Å². The molecule has 0 unspecified atom stereocenters. The first-order valence-corrected chi connectivity index (χ1v) is 17.3. The van der Waals surface area contributed by atoms with Crippen molar-refractivity contribution in [2.45, 2.75) is 184 Å². The van der Waals surface area contributed by atoms with Crippen LogP contribution in [0.3, 0.4) is 0 Å². The van der Waals surface area contributed by atoms with E-state index < -0.39 is 0 Å². The first kappa shape index (κ1) is 35.0. The van der Waals surface area contributed by atoms with E-state index in [0.717, 1.165) is 11.8 Å². The van der Waals surface area contributed by atoms with Crippen LogP contribution in [0.5, 0.6) is 0 Å². The van der Waals surface area contributed by atoms with Crippen LogP contribution in [-0.4, -0.2) is 24.5 Å². The van der Waals surface area contributed by atoms with E-state index in [9.17, 15) is 0 Å². The zero-order valence-corrected chi connectivity index (χ0v) is 27.7. The summed E-state index contributed by atoms with van der Waals surface area (Å²) < 4.78 is 0. The average molecular weight is 520 g/mol. The Morgan fingerprint density at radius 3 is 1.11 bits per heavy atom. The summed E-state index contributed by atoms with van der Waals surface area (Å²) in [4.78, 5) is 2.63. The molecule has 1 heterocycles. The highest BCUT2D eigenvalue weighted by Gasteiger charge is 2.27. The highest BCUT2D eigenvalue weighted by atomic mass is 15.1. The van der Waals surface area contributed by atoms with Crippen LogP contribution in [0.15, 0.2) is 0 Å². The maximum absolute atomic E-state index is 2.63. The summed E-state index contributed by atoms with van der Waals surface area (Å²) in [6.07, 6.45) is 27.4. The van der Waals surface area contributed by atoms with Gasteiger partial charge < -0.3 is 4.90 Å². The van der Waals surface area contributed by atoms with Gasteiger partial charge in [0.1, 0.15) is 0 Å². The van der Waals surface area contributed by atoms with Crippen molar-refractivity contribution in [2.75, 3.05) is 19.6 Å². The molecule has 3 fully saturated rings. The number of hydrogen-bond donors (Lipinski definition) is 0. The fourth-order valence-corrected chi connectivity index (χ4v) is 7.03. The van der Waals surface area contributed by atoms with Gasteiger partial charge in [-0.1, -0.05) is 146 Å². The summed E-state index contributed by atoms with van der Waals surface area (Å²) in [7, 11) is 0. The second-order valence-corrected chi connectivity index (χ2v) is 14.6. The fraction of sp³-hybridized carbons (Fsp3) is 1.00. The Morgan fingerprint density at radius 2 is 0.784 bits per heavy atom. The summed E-state index contributed by atoms with van der Waals surface area (Å²) in [5.41, 5.74) is 1.86. The summed E-state index contributed by atoms with van der Waals surface area (Å²) in [5.74, 6) is 2.12. The molecule has 0 spiro atoms. The molecule has 1 heteroatoms. The predicted octanol–water partition coefficient (Wildman–Crippen LogP) is 12.1. The fourth-order valence-electron chi connectivity index (χ4n) is 7.03. The zero-order valence-electron chi connectivity index (χ0n) is 27.7. The molecule has 0 aromatic rings. The van der Waals surface area contributed by atoms with E-state index in [4.69, 9.17) is 0 Å². The Morgan fingerprint density at radius 1 is 0.459 bits per heavy atom. The van der Waals surface area contributed by atoms with Gasteiger partial charge in [0.25, 0.3) is 0 Å². The Hall–Kier alpha value is -0.0400. The molecule has 37 heavy (non-hydrogen) atoms. The molecule has 0 radical (unpaired) electrons. The second-order valence-electron chi connectivity index (χ2n) is 14.6. The van der Waals surface area contributed by atoms with Crippen LogP contribution in [0.2, 0.25) is 0 Å². The summed E-state index contributed by atoms with van der Waals surface area (Å²) in [6.45, 7) is 25.4. The van der Waals surface area contributed by atoms with E-state index in [1.807, 2.05) is 0 Å². The molecule has 3 aliphatic rings. The minimum absolute atomic E-state index is 0.574. The van der Waals surface area contributed by atoms with Crippen LogP contribution in [0, 0.1) is 28.1 Å². The first-order valence-electron chi connectivity index (χ1n) is 17.3. The lowest BCUT2D eigenvalue weighted by Crippen LogP contribution is -2.33. The van der Waals surface area contributed by atoms with Crippen molar-refractivity contribution in [3.05, 3.63) is 0 Å². The molecule has 1 saturated heterocycles. The van der Waals surface area contributed by atoms with E-state index in [-0.39, 0.29) is 0 Å². The molecule has 0 atom stereocenters. The third-order valence-corrected chi connectivity index (χ3v) is 11.7. The normalized spacial score (nSPS) is 20.4. The first-order chi connectivity index (χ1) is 17.6. The maximum Gasteiger partial charge on any atom is 0.00351 e. The third kappa shape index (κ3) is 13.7. The van der Waals surface area contributed by atoms with Gasteiger partial charge in [-0.2, -0.15) is 0 Å². The molecule has 2 saturated carbocycles. The standard InChI is InChI=1S/C13H26.C12H24.C11H23N/c1-4-13(3,5-2)11-12-9-7-6-8-10-12;1-4-12(3,5-2)10-11-8-6-7-9-11;1-4-11(3,5-2)10-12-8-6-7-9-12/h12H,4-11H2,1-3H3;11H,4-10H2,1-3H3;4-10H2,1-3H3. The molecule has 3 rings (SSSR count). The van der Waals surface area contributed by atoms with Gasteiger partial charge in [-0.15, -0.1) is 0 Å². The van der Waals surface area contributed by atoms with Gasteiger partial charge in [0.05, 0.1) is 0 Å². The minimum Gasteiger partial charge on any atom is -0.303 e. The maximum atomic E-state index is 2.63. The van der Waals surface area contributed by atoms with E-state index in [1.165, 1.54) is 142 Å². The Labute approximate surface area is 236 Å². The molecule has 1 aliphatic heterocycles. The third-order valence-electron chi connectivity index (χ3n) is 11.7. The van der Waals surface area contributed by atoms with E-state index in [1.54, 1.807) is 0 Å². The van der Waals surface area contributed by atoms with Crippen LogP contribution in [0.4, 0.5) is 0 Å². The van der Waals surface area contributed by atoms with E-state index in [0.29, 0.717) is 16.2 Å². The Balaban J connectivity index is 0.000000278. The second kappa shape index (κ2) is 18.3. The Bertz CT molecular complexity index is 489. The monoisotopic (exact) mass is 520 g/mol. The van der Waals surface area contributed by atoms with Gasteiger partial charge in [0, 0.05) is 6.54 Å². The van der Waals surface area contributed by atoms with Crippen LogP contribution in [0.1, 0.15) is 184 Å². The lowest BCUT2D eigenvalue weighted by atomic mass is 9.73. The highest BCUT2D eigenvalue weighted by Crippen LogP contribution is 2.40. The van der Waals surface area contributed by atoms with Gasteiger partial charge in [-0.3, -0.25) is 0 Å². The molecule has 222 valence electrons. The quantitative estimate of drug-likeness (QED) is 0.248. The van der Waals surface area contributed by atoms with Crippen LogP contribution in [0.25, 0.3) is 0 Å². The van der Waals surface area contributed by atoms with Crippen molar-refractivity contribution in [3.8, 4) is 0 Å². The zero-order chi connectivity index (χ0) is 27.8. The summed E-state index contributed by atoms with van der Waals surface area (Å²) in [6, 6.07) is 0. The number of hydrogen-bond acceptors (Lipinski definition) is 1. The lowest BCUT2D eigenvalue weighted by molar-refractivity contribution is 0.179. The van der Waals surface area contributed by atoms with Gasteiger partial charge >= 0.3 is 0 Å². The molecule has 1 nitrogen and oxygen atoms in total. The van der Waals surface area contributed by atoms with Crippen LogP contribution >= 0.6 is 0 Å².